The van der Waals surface area contributed by atoms with Gasteiger partial charge in [-0.3, -0.25) is 9.88 Å². The Balaban J connectivity index is 1.56. The Bertz CT molecular complexity index is 379. The van der Waals surface area contributed by atoms with Crippen molar-refractivity contribution in [2.75, 3.05) is 13.1 Å². The van der Waals surface area contributed by atoms with Gasteiger partial charge in [0.1, 0.15) is 0 Å². The first-order valence-corrected chi connectivity index (χ1v) is 6.78. The van der Waals surface area contributed by atoms with Crippen LogP contribution < -0.4 is 0 Å². The molecule has 0 aromatic carbocycles. The fraction of sp³-hybridized carbons (Fsp3) is 0.667. The summed E-state index contributed by atoms with van der Waals surface area (Å²) in [5, 5.41) is 0. The minimum absolute atomic E-state index is 0.576. The predicted octanol–water partition coefficient (Wildman–Crippen LogP) is 3.06. The van der Waals surface area contributed by atoms with E-state index in [0.717, 1.165) is 12.0 Å². The molecule has 92 valence electrons. The topological polar surface area (TPSA) is 16.1 Å². The molecule has 17 heavy (non-hydrogen) atoms. The molecule has 0 amide bonds. The van der Waals surface area contributed by atoms with E-state index >= 15 is 0 Å². The highest BCUT2D eigenvalue weighted by Gasteiger charge is 2.39. The lowest BCUT2D eigenvalue weighted by atomic mass is 9.88. The average molecular weight is 230 g/mol. The number of aromatic nitrogens is 1. The lowest BCUT2D eigenvalue weighted by Gasteiger charge is -2.44. The van der Waals surface area contributed by atoms with E-state index in [-0.39, 0.29) is 0 Å². The van der Waals surface area contributed by atoms with E-state index in [4.69, 9.17) is 0 Å². The summed E-state index contributed by atoms with van der Waals surface area (Å²) in [7, 11) is 0. The highest BCUT2D eigenvalue weighted by atomic mass is 15.2. The van der Waals surface area contributed by atoms with Gasteiger partial charge in [0.25, 0.3) is 0 Å². The first kappa shape index (κ1) is 11.2. The molecule has 1 saturated carbocycles. The standard InChI is InChI=1S/C15H22N2/c1-15(2)6-3-14(9-15)17-10-13(11-17)12-4-7-16-8-5-12/h4-5,7-8,13-14H,3,6,9-11H2,1-2H3. The first-order valence-electron chi connectivity index (χ1n) is 6.78. The molecule has 0 spiro atoms. The summed E-state index contributed by atoms with van der Waals surface area (Å²) in [5.74, 6) is 0.752. The molecular weight excluding hydrogens is 208 g/mol. The van der Waals surface area contributed by atoms with Crippen LogP contribution in [0.5, 0.6) is 0 Å². The highest BCUT2D eigenvalue weighted by molar-refractivity contribution is 5.20. The molecule has 1 unspecified atom stereocenters. The first-order chi connectivity index (χ1) is 8.14. The van der Waals surface area contributed by atoms with E-state index in [1.165, 1.54) is 37.9 Å². The van der Waals surface area contributed by atoms with E-state index in [1.807, 2.05) is 12.4 Å². The Morgan fingerprint density at radius 2 is 1.94 bits per heavy atom. The van der Waals surface area contributed by atoms with Crippen molar-refractivity contribution < 1.29 is 0 Å². The SMILES string of the molecule is CC1(C)CCC(N2CC(c3ccncc3)C2)C1. The number of hydrogen-bond acceptors (Lipinski definition) is 2. The number of rotatable bonds is 2. The molecule has 2 heteroatoms. The molecule has 1 aromatic rings. The van der Waals surface area contributed by atoms with Crippen LogP contribution in [-0.2, 0) is 0 Å². The normalized spacial score (nSPS) is 29.2. The van der Waals surface area contributed by atoms with Crippen molar-refractivity contribution in [3.05, 3.63) is 30.1 Å². The van der Waals surface area contributed by atoms with Crippen molar-refractivity contribution in [2.45, 2.75) is 45.1 Å². The van der Waals surface area contributed by atoms with Crippen LogP contribution in [0.2, 0.25) is 0 Å². The minimum atomic E-state index is 0.576. The third-order valence-electron chi connectivity index (χ3n) is 4.55. The van der Waals surface area contributed by atoms with Crippen molar-refractivity contribution in [3.63, 3.8) is 0 Å². The summed E-state index contributed by atoms with van der Waals surface area (Å²) >= 11 is 0. The molecule has 3 rings (SSSR count). The van der Waals surface area contributed by atoms with Gasteiger partial charge in [0.05, 0.1) is 0 Å². The zero-order valence-corrected chi connectivity index (χ0v) is 10.9. The maximum absolute atomic E-state index is 4.09. The quantitative estimate of drug-likeness (QED) is 0.776. The smallest absolute Gasteiger partial charge is 0.0270 e. The Kier molecular flexibility index (Phi) is 2.70. The third kappa shape index (κ3) is 2.23. The van der Waals surface area contributed by atoms with Gasteiger partial charge in [-0.2, -0.15) is 0 Å². The van der Waals surface area contributed by atoms with Gasteiger partial charge in [0.15, 0.2) is 0 Å². The summed E-state index contributed by atoms with van der Waals surface area (Å²) < 4.78 is 0. The van der Waals surface area contributed by atoms with Gasteiger partial charge in [0.2, 0.25) is 0 Å². The second-order valence-electron chi connectivity index (χ2n) is 6.49. The van der Waals surface area contributed by atoms with E-state index in [9.17, 15) is 0 Å². The second kappa shape index (κ2) is 4.09. The van der Waals surface area contributed by atoms with Crippen LogP contribution in [0.15, 0.2) is 24.5 Å². The lowest BCUT2D eigenvalue weighted by molar-refractivity contribution is 0.0883. The summed E-state index contributed by atoms with van der Waals surface area (Å²) in [5.41, 5.74) is 2.04. The summed E-state index contributed by atoms with van der Waals surface area (Å²) in [4.78, 5) is 6.77. The molecule has 1 saturated heterocycles. The van der Waals surface area contributed by atoms with Crippen LogP contribution in [0, 0.1) is 5.41 Å². The lowest BCUT2D eigenvalue weighted by Crippen LogP contribution is -2.50. The van der Waals surface area contributed by atoms with Crippen molar-refractivity contribution in [1.82, 2.24) is 9.88 Å². The molecule has 1 aliphatic carbocycles. The van der Waals surface area contributed by atoms with Gasteiger partial charge in [0, 0.05) is 37.4 Å². The van der Waals surface area contributed by atoms with Gasteiger partial charge in [-0.15, -0.1) is 0 Å². The predicted molar refractivity (Wildman–Crippen MR) is 70.0 cm³/mol. The van der Waals surface area contributed by atoms with Crippen molar-refractivity contribution in [2.24, 2.45) is 5.41 Å². The number of pyridine rings is 1. The van der Waals surface area contributed by atoms with Crippen molar-refractivity contribution >= 4 is 0 Å². The average Bonchev–Trinajstić information content (AvgIpc) is 2.58. The molecule has 1 aromatic heterocycles. The maximum atomic E-state index is 4.09. The Labute approximate surface area is 104 Å². The van der Waals surface area contributed by atoms with Gasteiger partial charge in [-0.05, 0) is 42.4 Å². The third-order valence-corrected chi connectivity index (χ3v) is 4.55. The monoisotopic (exact) mass is 230 g/mol. The van der Waals surface area contributed by atoms with Gasteiger partial charge in [-0.25, -0.2) is 0 Å². The number of hydrogen-bond donors (Lipinski definition) is 0. The zero-order valence-electron chi connectivity index (χ0n) is 10.9. The van der Waals surface area contributed by atoms with E-state index in [0.29, 0.717) is 5.41 Å². The van der Waals surface area contributed by atoms with E-state index < -0.39 is 0 Å². The minimum Gasteiger partial charge on any atom is -0.299 e. The Morgan fingerprint density at radius 1 is 1.24 bits per heavy atom. The Morgan fingerprint density at radius 3 is 2.53 bits per heavy atom. The van der Waals surface area contributed by atoms with Crippen LogP contribution >= 0.6 is 0 Å². The molecule has 0 N–H and O–H groups in total. The molecule has 1 aliphatic heterocycles. The van der Waals surface area contributed by atoms with Crippen LogP contribution in [0.3, 0.4) is 0 Å². The molecule has 0 bridgehead atoms. The van der Waals surface area contributed by atoms with Crippen LogP contribution in [0.1, 0.15) is 44.6 Å². The molecule has 1 atom stereocenters. The van der Waals surface area contributed by atoms with Gasteiger partial charge < -0.3 is 0 Å². The van der Waals surface area contributed by atoms with E-state index in [1.54, 1.807) is 0 Å². The summed E-state index contributed by atoms with van der Waals surface area (Å²) in [6.07, 6.45) is 8.01. The molecule has 2 aliphatic rings. The molecular formula is C15H22N2. The van der Waals surface area contributed by atoms with Crippen molar-refractivity contribution in [3.8, 4) is 0 Å². The fourth-order valence-electron chi connectivity index (χ4n) is 3.37. The largest absolute Gasteiger partial charge is 0.299 e. The maximum Gasteiger partial charge on any atom is 0.0270 e. The van der Waals surface area contributed by atoms with Crippen LogP contribution in [0.25, 0.3) is 0 Å². The molecule has 2 fully saturated rings. The van der Waals surface area contributed by atoms with Crippen molar-refractivity contribution in [1.29, 1.82) is 0 Å². The summed E-state index contributed by atoms with van der Waals surface area (Å²) in [6, 6.07) is 5.18. The number of likely N-dealkylation sites (tertiary alicyclic amines) is 1. The Hall–Kier alpha value is -0.890. The fourth-order valence-corrected chi connectivity index (χ4v) is 3.37. The highest BCUT2D eigenvalue weighted by Crippen LogP contribution is 2.42. The number of nitrogens with zero attached hydrogens (tertiary/aromatic N) is 2. The zero-order chi connectivity index (χ0) is 11.9. The van der Waals surface area contributed by atoms with Gasteiger partial charge >= 0.3 is 0 Å². The molecule has 0 radical (unpaired) electrons. The second-order valence-corrected chi connectivity index (χ2v) is 6.49. The molecule has 2 nitrogen and oxygen atoms in total. The molecule has 2 heterocycles. The van der Waals surface area contributed by atoms with Crippen LogP contribution in [-0.4, -0.2) is 29.0 Å². The van der Waals surface area contributed by atoms with E-state index in [2.05, 4.69) is 35.9 Å². The summed E-state index contributed by atoms with van der Waals surface area (Å²) in [6.45, 7) is 7.33. The van der Waals surface area contributed by atoms with Crippen LogP contribution in [0.4, 0.5) is 0 Å². The van der Waals surface area contributed by atoms with Gasteiger partial charge in [-0.1, -0.05) is 13.8 Å².